The van der Waals surface area contributed by atoms with Gasteiger partial charge in [0.1, 0.15) is 11.6 Å². The molecule has 0 radical (unpaired) electrons. The Labute approximate surface area is 112 Å². The van der Waals surface area contributed by atoms with E-state index in [4.69, 9.17) is 10.7 Å². The highest BCUT2D eigenvalue weighted by atomic mass is 15.2. The van der Waals surface area contributed by atoms with Crippen LogP contribution in [0, 0.1) is 11.8 Å². The van der Waals surface area contributed by atoms with Gasteiger partial charge in [-0.1, -0.05) is 48.5 Å². The highest BCUT2D eigenvalue weighted by Crippen LogP contribution is 2.28. The Hall–Kier alpha value is -0.990. The summed E-state index contributed by atoms with van der Waals surface area (Å²) in [5.74, 6) is 3.14. The first-order valence-electron chi connectivity index (χ1n) is 6.98. The van der Waals surface area contributed by atoms with Gasteiger partial charge in [0.05, 0.1) is 5.69 Å². The number of anilines is 1. The molecular weight excluding hydrogens is 222 g/mol. The topological polar surface area (TPSA) is 43.8 Å². The van der Waals surface area contributed by atoms with Crippen LogP contribution in [0.1, 0.15) is 60.0 Å². The second-order valence-electron chi connectivity index (χ2n) is 7.12. The number of hydrogen-bond donors (Lipinski definition) is 1. The third kappa shape index (κ3) is 3.50. The lowest BCUT2D eigenvalue weighted by Crippen LogP contribution is -2.21. The monoisotopic (exact) mass is 251 g/mol. The van der Waals surface area contributed by atoms with E-state index in [1.54, 1.807) is 0 Å². The summed E-state index contributed by atoms with van der Waals surface area (Å²) >= 11 is 0. The molecule has 0 atom stereocenters. The van der Waals surface area contributed by atoms with Gasteiger partial charge in [-0.05, 0) is 18.3 Å². The van der Waals surface area contributed by atoms with Gasteiger partial charge in [-0.15, -0.1) is 0 Å². The molecule has 0 aliphatic carbocycles. The van der Waals surface area contributed by atoms with Gasteiger partial charge in [-0.2, -0.15) is 0 Å². The number of nitrogens with two attached hydrogens (primary N) is 1. The number of nitrogens with zero attached hydrogens (tertiary/aromatic N) is 2. The van der Waals surface area contributed by atoms with E-state index in [-0.39, 0.29) is 5.41 Å². The van der Waals surface area contributed by atoms with Crippen molar-refractivity contribution in [3.05, 3.63) is 11.5 Å². The normalized spacial score (nSPS) is 12.7. The van der Waals surface area contributed by atoms with E-state index in [0.29, 0.717) is 11.8 Å². The molecule has 3 nitrogen and oxygen atoms in total. The second kappa shape index (κ2) is 5.33. The van der Waals surface area contributed by atoms with Crippen LogP contribution in [0.25, 0.3) is 0 Å². The zero-order valence-electron chi connectivity index (χ0n) is 13.0. The molecule has 1 aromatic rings. The molecular formula is C15H29N3. The second-order valence-corrected chi connectivity index (χ2v) is 7.12. The highest BCUT2D eigenvalue weighted by molar-refractivity contribution is 5.40. The third-order valence-electron chi connectivity index (χ3n) is 2.90. The average Bonchev–Trinajstić information content (AvgIpc) is 2.44. The van der Waals surface area contributed by atoms with Crippen LogP contribution < -0.4 is 5.73 Å². The summed E-state index contributed by atoms with van der Waals surface area (Å²) in [6.07, 6.45) is 0.958. The van der Waals surface area contributed by atoms with Crippen molar-refractivity contribution in [2.75, 3.05) is 5.73 Å². The minimum absolute atomic E-state index is 0.0399. The minimum Gasteiger partial charge on any atom is -0.384 e. The first-order valence-corrected chi connectivity index (χ1v) is 6.98. The molecule has 0 amide bonds. The van der Waals surface area contributed by atoms with E-state index in [0.717, 1.165) is 30.3 Å². The fourth-order valence-corrected chi connectivity index (χ4v) is 2.17. The first-order chi connectivity index (χ1) is 8.12. The Kier molecular flexibility index (Phi) is 4.46. The van der Waals surface area contributed by atoms with Crippen molar-refractivity contribution < 1.29 is 0 Å². The first kappa shape index (κ1) is 15.1. The molecule has 0 aromatic carbocycles. The van der Waals surface area contributed by atoms with Crippen molar-refractivity contribution in [3.63, 3.8) is 0 Å². The van der Waals surface area contributed by atoms with Crippen LogP contribution in [-0.4, -0.2) is 9.55 Å². The Morgan fingerprint density at radius 2 is 1.67 bits per heavy atom. The number of nitrogen functional groups attached to an aromatic ring is 1. The largest absolute Gasteiger partial charge is 0.384 e. The quantitative estimate of drug-likeness (QED) is 0.888. The van der Waals surface area contributed by atoms with Crippen LogP contribution in [0.15, 0.2) is 0 Å². The van der Waals surface area contributed by atoms with Crippen LogP contribution in [0.4, 0.5) is 5.82 Å². The molecule has 0 bridgehead atoms. The summed E-state index contributed by atoms with van der Waals surface area (Å²) in [4.78, 5) is 4.81. The SMILES string of the molecule is CC(C)Cc1nc(C(C)(C)C)n(CC(C)C)c1N. The third-order valence-corrected chi connectivity index (χ3v) is 2.90. The lowest BCUT2D eigenvalue weighted by atomic mass is 9.95. The van der Waals surface area contributed by atoms with Crippen LogP contribution in [0.3, 0.4) is 0 Å². The van der Waals surface area contributed by atoms with Gasteiger partial charge in [0.2, 0.25) is 0 Å². The molecule has 1 rings (SSSR count). The molecule has 0 unspecified atom stereocenters. The summed E-state index contributed by atoms with van der Waals surface area (Å²) in [6, 6.07) is 0. The lowest BCUT2D eigenvalue weighted by Gasteiger charge is -2.21. The fraction of sp³-hybridized carbons (Fsp3) is 0.800. The van der Waals surface area contributed by atoms with Crippen LogP contribution in [-0.2, 0) is 18.4 Å². The number of aromatic nitrogens is 2. The van der Waals surface area contributed by atoms with Crippen LogP contribution in [0.5, 0.6) is 0 Å². The van der Waals surface area contributed by atoms with Crippen molar-refractivity contribution in [3.8, 4) is 0 Å². The Balaban J connectivity index is 3.23. The molecule has 2 N–H and O–H groups in total. The van der Waals surface area contributed by atoms with E-state index in [9.17, 15) is 0 Å². The summed E-state index contributed by atoms with van der Waals surface area (Å²) in [6.45, 7) is 16.4. The van der Waals surface area contributed by atoms with Gasteiger partial charge in [-0.3, -0.25) is 0 Å². The van der Waals surface area contributed by atoms with Crippen molar-refractivity contribution >= 4 is 5.82 Å². The van der Waals surface area contributed by atoms with E-state index >= 15 is 0 Å². The lowest BCUT2D eigenvalue weighted by molar-refractivity contribution is 0.454. The molecule has 0 fully saturated rings. The van der Waals surface area contributed by atoms with E-state index < -0.39 is 0 Å². The Morgan fingerprint density at radius 3 is 2.06 bits per heavy atom. The van der Waals surface area contributed by atoms with Gasteiger partial charge >= 0.3 is 0 Å². The maximum atomic E-state index is 6.30. The average molecular weight is 251 g/mol. The number of rotatable bonds is 4. The molecule has 0 aliphatic heterocycles. The summed E-state index contributed by atoms with van der Waals surface area (Å²) in [5.41, 5.74) is 7.40. The van der Waals surface area contributed by atoms with Gasteiger partial charge in [0.15, 0.2) is 0 Å². The molecule has 0 saturated carbocycles. The molecule has 1 aromatic heterocycles. The van der Waals surface area contributed by atoms with Crippen LogP contribution in [0.2, 0.25) is 0 Å². The molecule has 18 heavy (non-hydrogen) atoms. The molecule has 104 valence electrons. The van der Waals surface area contributed by atoms with Crippen molar-refractivity contribution in [2.45, 2.75) is 66.8 Å². The molecule has 0 spiro atoms. The summed E-state index contributed by atoms with van der Waals surface area (Å²) in [5, 5.41) is 0. The number of imidazole rings is 1. The smallest absolute Gasteiger partial charge is 0.126 e. The Bertz CT molecular complexity index is 395. The van der Waals surface area contributed by atoms with Crippen molar-refractivity contribution in [1.29, 1.82) is 0 Å². The standard InChI is InChI=1S/C15H29N3/c1-10(2)8-12-13(16)18(9-11(3)4)14(17-12)15(5,6)7/h10-11H,8-9,16H2,1-7H3. The molecule has 0 aliphatic rings. The van der Waals surface area contributed by atoms with Crippen molar-refractivity contribution in [1.82, 2.24) is 9.55 Å². The predicted molar refractivity (Wildman–Crippen MR) is 78.7 cm³/mol. The maximum Gasteiger partial charge on any atom is 0.126 e. The molecule has 1 heterocycles. The fourth-order valence-electron chi connectivity index (χ4n) is 2.17. The zero-order chi connectivity index (χ0) is 14.1. The summed E-state index contributed by atoms with van der Waals surface area (Å²) < 4.78 is 2.21. The van der Waals surface area contributed by atoms with Gasteiger partial charge < -0.3 is 10.3 Å². The van der Waals surface area contributed by atoms with Crippen LogP contribution >= 0.6 is 0 Å². The zero-order valence-corrected chi connectivity index (χ0v) is 13.0. The van der Waals surface area contributed by atoms with E-state index in [1.807, 2.05) is 0 Å². The van der Waals surface area contributed by atoms with Gasteiger partial charge in [-0.25, -0.2) is 4.98 Å². The van der Waals surface area contributed by atoms with E-state index in [2.05, 4.69) is 53.0 Å². The van der Waals surface area contributed by atoms with Gasteiger partial charge in [0.25, 0.3) is 0 Å². The number of hydrogen-bond acceptors (Lipinski definition) is 2. The van der Waals surface area contributed by atoms with Crippen molar-refractivity contribution in [2.24, 2.45) is 11.8 Å². The predicted octanol–water partition coefficient (Wildman–Crippen LogP) is 3.62. The maximum absolute atomic E-state index is 6.30. The molecule has 0 saturated heterocycles. The Morgan fingerprint density at radius 1 is 1.11 bits per heavy atom. The minimum atomic E-state index is 0.0399. The summed E-state index contributed by atoms with van der Waals surface area (Å²) in [7, 11) is 0. The molecule has 3 heteroatoms. The van der Waals surface area contributed by atoms with E-state index in [1.165, 1.54) is 0 Å². The highest BCUT2D eigenvalue weighted by Gasteiger charge is 2.25. The van der Waals surface area contributed by atoms with Gasteiger partial charge in [0, 0.05) is 12.0 Å².